The Kier molecular flexibility index (Phi) is 3.68. The van der Waals surface area contributed by atoms with Crippen LogP contribution in [0, 0.1) is 0 Å². The molecule has 2 heteroatoms. The Morgan fingerprint density at radius 3 is 2.60 bits per heavy atom. The minimum absolute atomic E-state index is 0.768. The third kappa shape index (κ3) is 2.21. The Labute approximate surface area is 94.6 Å². The van der Waals surface area contributed by atoms with Crippen molar-refractivity contribution < 1.29 is 0 Å². The normalized spacial score (nSPS) is 33.6. The van der Waals surface area contributed by atoms with Crippen molar-refractivity contribution >= 4 is 0 Å². The van der Waals surface area contributed by atoms with E-state index in [1.807, 2.05) is 0 Å². The second-order valence-electron chi connectivity index (χ2n) is 5.31. The van der Waals surface area contributed by atoms with E-state index >= 15 is 0 Å². The molecule has 0 aromatic carbocycles. The van der Waals surface area contributed by atoms with Gasteiger partial charge >= 0.3 is 0 Å². The van der Waals surface area contributed by atoms with Crippen molar-refractivity contribution in [3.63, 3.8) is 0 Å². The molecule has 2 fully saturated rings. The smallest absolute Gasteiger partial charge is 0.0224 e. The van der Waals surface area contributed by atoms with Gasteiger partial charge in [0.25, 0.3) is 0 Å². The number of nitrogens with zero attached hydrogens (tertiary/aromatic N) is 2. The lowest BCUT2D eigenvalue weighted by molar-refractivity contribution is 0.0253. The van der Waals surface area contributed by atoms with E-state index in [-0.39, 0.29) is 0 Å². The van der Waals surface area contributed by atoms with E-state index in [9.17, 15) is 0 Å². The van der Waals surface area contributed by atoms with Crippen molar-refractivity contribution in [2.24, 2.45) is 0 Å². The Balaban J connectivity index is 2.00. The summed E-state index contributed by atoms with van der Waals surface area (Å²) in [5.41, 5.74) is 0. The zero-order valence-electron chi connectivity index (χ0n) is 10.6. The van der Waals surface area contributed by atoms with Crippen molar-refractivity contribution in [3.05, 3.63) is 0 Å². The van der Waals surface area contributed by atoms with Gasteiger partial charge in [-0.05, 0) is 39.2 Å². The highest BCUT2D eigenvalue weighted by atomic mass is 15.3. The molecule has 0 saturated carbocycles. The molecule has 0 radical (unpaired) electrons. The number of hydrogen-bond donors (Lipinski definition) is 0. The first kappa shape index (κ1) is 11.4. The van der Waals surface area contributed by atoms with Crippen LogP contribution in [0.15, 0.2) is 0 Å². The highest BCUT2D eigenvalue weighted by molar-refractivity contribution is 4.92. The Morgan fingerprint density at radius 1 is 1.20 bits per heavy atom. The van der Waals surface area contributed by atoms with E-state index in [1.165, 1.54) is 45.3 Å². The van der Waals surface area contributed by atoms with E-state index in [0.717, 1.165) is 18.1 Å². The van der Waals surface area contributed by atoms with E-state index in [0.29, 0.717) is 0 Å². The van der Waals surface area contributed by atoms with Crippen LogP contribution in [0.4, 0.5) is 0 Å². The molecule has 0 aliphatic carbocycles. The highest BCUT2D eigenvalue weighted by Crippen LogP contribution is 2.27. The zero-order valence-corrected chi connectivity index (χ0v) is 10.6. The summed E-state index contributed by atoms with van der Waals surface area (Å²) in [5, 5.41) is 0. The van der Waals surface area contributed by atoms with Crippen molar-refractivity contribution in [2.75, 3.05) is 19.6 Å². The van der Waals surface area contributed by atoms with Gasteiger partial charge in [-0.15, -0.1) is 0 Å². The van der Waals surface area contributed by atoms with Gasteiger partial charge in [0, 0.05) is 31.2 Å². The van der Waals surface area contributed by atoms with Crippen LogP contribution in [0.2, 0.25) is 0 Å². The maximum Gasteiger partial charge on any atom is 0.0224 e. The summed E-state index contributed by atoms with van der Waals surface area (Å²) < 4.78 is 0. The number of hydrogen-bond acceptors (Lipinski definition) is 2. The SMILES string of the molecule is CCC(CC)N1CC2CCCN2CC1C. The first-order chi connectivity index (χ1) is 7.26. The van der Waals surface area contributed by atoms with E-state index in [2.05, 4.69) is 30.6 Å². The molecule has 2 nitrogen and oxygen atoms in total. The summed E-state index contributed by atoms with van der Waals surface area (Å²) >= 11 is 0. The van der Waals surface area contributed by atoms with Gasteiger partial charge < -0.3 is 0 Å². The van der Waals surface area contributed by atoms with Crippen LogP contribution in [0.1, 0.15) is 46.5 Å². The van der Waals surface area contributed by atoms with Gasteiger partial charge in [-0.1, -0.05) is 13.8 Å². The van der Waals surface area contributed by atoms with E-state index < -0.39 is 0 Å². The van der Waals surface area contributed by atoms with Crippen molar-refractivity contribution in [1.82, 2.24) is 9.80 Å². The molecule has 88 valence electrons. The quantitative estimate of drug-likeness (QED) is 0.705. The predicted octanol–water partition coefficient (Wildman–Crippen LogP) is 2.34. The molecule has 2 aliphatic heterocycles. The second-order valence-corrected chi connectivity index (χ2v) is 5.31. The van der Waals surface area contributed by atoms with Crippen LogP contribution in [-0.4, -0.2) is 47.6 Å². The molecule has 2 unspecified atom stereocenters. The predicted molar refractivity (Wildman–Crippen MR) is 65.1 cm³/mol. The minimum Gasteiger partial charge on any atom is -0.298 e. The topological polar surface area (TPSA) is 6.48 Å². The lowest BCUT2D eigenvalue weighted by Crippen LogP contribution is -2.57. The molecular formula is C13H26N2. The van der Waals surface area contributed by atoms with Crippen LogP contribution in [0.5, 0.6) is 0 Å². The van der Waals surface area contributed by atoms with Crippen molar-refractivity contribution in [2.45, 2.75) is 64.6 Å². The van der Waals surface area contributed by atoms with Gasteiger partial charge in [0.15, 0.2) is 0 Å². The van der Waals surface area contributed by atoms with Crippen LogP contribution < -0.4 is 0 Å². The third-order valence-electron chi connectivity index (χ3n) is 4.40. The highest BCUT2D eigenvalue weighted by Gasteiger charge is 2.36. The van der Waals surface area contributed by atoms with Crippen LogP contribution >= 0.6 is 0 Å². The molecule has 0 N–H and O–H groups in total. The molecule has 0 bridgehead atoms. The van der Waals surface area contributed by atoms with Crippen LogP contribution in [0.3, 0.4) is 0 Å². The Hall–Kier alpha value is -0.0800. The lowest BCUT2D eigenvalue weighted by atomic mass is 10.0. The standard InChI is InChI=1S/C13H26N2/c1-4-12(5-2)15-10-13-7-6-8-14(13)9-11(15)3/h11-13H,4-10H2,1-3H3. The summed E-state index contributed by atoms with van der Waals surface area (Å²) in [6.45, 7) is 11.1. The molecular weight excluding hydrogens is 184 g/mol. The van der Waals surface area contributed by atoms with Crippen molar-refractivity contribution in [3.8, 4) is 0 Å². The molecule has 0 spiro atoms. The van der Waals surface area contributed by atoms with E-state index in [4.69, 9.17) is 0 Å². The summed E-state index contributed by atoms with van der Waals surface area (Å²) in [4.78, 5) is 5.48. The average Bonchev–Trinajstić information content (AvgIpc) is 2.67. The fourth-order valence-corrected chi connectivity index (χ4v) is 3.48. The molecule has 2 rings (SSSR count). The third-order valence-corrected chi connectivity index (χ3v) is 4.40. The van der Waals surface area contributed by atoms with Gasteiger partial charge in [0.2, 0.25) is 0 Å². The van der Waals surface area contributed by atoms with Gasteiger partial charge in [0.05, 0.1) is 0 Å². The Bertz CT molecular complexity index is 201. The Morgan fingerprint density at radius 2 is 1.93 bits per heavy atom. The van der Waals surface area contributed by atoms with Crippen LogP contribution in [0.25, 0.3) is 0 Å². The molecule has 2 atom stereocenters. The molecule has 0 amide bonds. The number of rotatable bonds is 3. The average molecular weight is 210 g/mol. The summed E-state index contributed by atoms with van der Waals surface area (Å²) in [5.74, 6) is 0. The second kappa shape index (κ2) is 4.84. The molecule has 2 aliphatic rings. The number of piperazine rings is 1. The molecule has 2 heterocycles. The summed E-state index contributed by atoms with van der Waals surface area (Å²) in [7, 11) is 0. The number of fused-ring (bicyclic) bond motifs is 1. The lowest BCUT2D eigenvalue weighted by Gasteiger charge is -2.45. The van der Waals surface area contributed by atoms with Crippen molar-refractivity contribution in [1.29, 1.82) is 0 Å². The molecule has 0 aromatic heterocycles. The zero-order chi connectivity index (χ0) is 10.8. The first-order valence-corrected chi connectivity index (χ1v) is 6.76. The van der Waals surface area contributed by atoms with Crippen LogP contribution in [-0.2, 0) is 0 Å². The fourth-order valence-electron chi connectivity index (χ4n) is 3.48. The van der Waals surface area contributed by atoms with Gasteiger partial charge in [-0.25, -0.2) is 0 Å². The molecule has 0 aromatic rings. The van der Waals surface area contributed by atoms with E-state index in [1.54, 1.807) is 0 Å². The van der Waals surface area contributed by atoms with Gasteiger partial charge in [-0.3, -0.25) is 9.80 Å². The fraction of sp³-hybridized carbons (Fsp3) is 1.00. The molecule has 2 saturated heterocycles. The maximum atomic E-state index is 2.77. The largest absolute Gasteiger partial charge is 0.298 e. The summed E-state index contributed by atoms with van der Waals surface area (Å²) in [6.07, 6.45) is 5.48. The monoisotopic (exact) mass is 210 g/mol. The first-order valence-electron chi connectivity index (χ1n) is 6.76. The summed E-state index contributed by atoms with van der Waals surface area (Å²) in [6, 6.07) is 2.47. The van der Waals surface area contributed by atoms with Gasteiger partial charge in [0.1, 0.15) is 0 Å². The van der Waals surface area contributed by atoms with Gasteiger partial charge in [-0.2, -0.15) is 0 Å². The minimum atomic E-state index is 0.768. The maximum absolute atomic E-state index is 2.77. The molecule has 15 heavy (non-hydrogen) atoms.